The second kappa shape index (κ2) is 12.9. The fourth-order valence-electron chi connectivity index (χ4n) is 3.08. The fraction of sp³-hybridized carbons (Fsp3) is 0.192. The van der Waals surface area contributed by atoms with Crippen molar-refractivity contribution in [2.24, 2.45) is 5.10 Å². The second-order valence-electron chi connectivity index (χ2n) is 7.65. The van der Waals surface area contributed by atoms with Gasteiger partial charge in [0.05, 0.1) is 18.4 Å². The molecular weight excluding hydrogens is 555 g/mol. The number of amides is 2. The Kier molecular flexibility index (Phi) is 9.67. The third kappa shape index (κ3) is 8.94. The summed E-state index contributed by atoms with van der Waals surface area (Å²) in [5.41, 5.74) is 2.83. The maximum Gasteiger partial charge on any atom is 0.416 e. The van der Waals surface area contributed by atoms with Crippen LogP contribution in [-0.4, -0.2) is 24.6 Å². The Bertz CT molecular complexity index is 1260. The number of rotatable bonds is 10. The maximum absolute atomic E-state index is 12.8. The molecule has 2 N–H and O–H groups in total. The molecule has 0 heterocycles. The van der Waals surface area contributed by atoms with Gasteiger partial charge in [0.25, 0.3) is 0 Å². The van der Waals surface area contributed by atoms with Crippen LogP contribution in [-0.2, 0) is 22.4 Å². The molecule has 0 saturated heterocycles. The summed E-state index contributed by atoms with van der Waals surface area (Å²) in [6.45, 7) is 2.59. The summed E-state index contributed by atoms with van der Waals surface area (Å²) in [4.78, 5) is 24.0. The van der Waals surface area contributed by atoms with Gasteiger partial charge in [0.1, 0.15) is 13.0 Å². The summed E-state index contributed by atoms with van der Waals surface area (Å²) in [5, 5.41) is 6.09. The number of carbonyl (C=O) groups is 2. The van der Waals surface area contributed by atoms with Crippen LogP contribution in [0, 0.1) is 0 Å². The average Bonchev–Trinajstić information content (AvgIpc) is 2.84. The van der Waals surface area contributed by atoms with Crippen LogP contribution < -0.4 is 20.2 Å². The van der Waals surface area contributed by atoms with E-state index in [1.807, 2.05) is 31.2 Å². The van der Waals surface area contributed by atoms with Gasteiger partial charge >= 0.3 is 6.18 Å². The van der Waals surface area contributed by atoms with Gasteiger partial charge in [0.15, 0.2) is 11.5 Å². The van der Waals surface area contributed by atoms with Crippen LogP contribution >= 0.6 is 15.9 Å². The average molecular weight is 578 g/mol. The molecule has 0 aromatic heterocycles. The zero-order valence-corrected chi connectivity index (χ0v) is 21.2. The topological polar surface area (TPSA) is 89.0 Å². The molecule has 37 heavy (non-hydrogen) atoms. The molecule has 7 nitrogen and oxygen atoms in total. The van der Waals surface area contributed by atoms with E-state index in [-0.39, 0.29) is 5.69 Å². The molecule has 0 spiro atoms. The lowest BCUT2D eigenvalue weighted by Gasteiger charge is -2.12. The molecule has 0 bridgehead atoms. The third-order valence-electron chi connectivity index (χ3n) is 4.77. The molecule has 0 radical (unpaired) electrons. The minimum atomic E-state index is -4.54. The number of ether oxygens (including phenoxy) is 2. The Labute approximate surface area is 219 Å². The Morgan fingerprint density at radius 3 is 2.43 bits per heavy atom. The SMILES string of the molecule is CCOc1cc(C=NNC(=O)CC(=O)Nc2cccc(C(F)(F)F)c2)ccc1OCc1ccc(Br)cc1. The van der Waals surface area contributed by atoms with Gasteiger partial charge in [0.2, 0.25) is 11.8 Å². The van der Waals surface area contributed by atoms with E-state index in [1.165, 1.54) is 12.3 Å². The highest BCUT2D eigenvalue weighted by Gasteiger charge is 2.30. The van der Waals surface area contributed by atoms with E-state index in [2.05, 4.69) is 31.8 Å². The molecule has 0 unspecified atom stereocenters. The van der Waals surface area contributed by atoms with Crippen molar-refractivity contribution in [1.29, 1.82) is 0 Å². The molecule has 0 aliphatic heterocycles. The lowest BCUT2D eigenvalue weighted by Crippen LogP contribution is -2.24. The lowest BCUT2D eigenvalue weighted by atomic mass is 10.2. The first-order valence-electron chi connectivity index (χ1n) is 11.1. The standard InChI is InChI=1S/C26H23BrF3N3O4/c1-2-36-23-12-18(8-11-22(23)37-16-17-6-9-20(27)10-7-17)15-31-33-25(35)14-24(34)32-21-5-3-4-19(13-21)26(28,29)30/h3-13,15H,2,14,16H2,1H3,(H,32,34)(H,33,35). The molecule has 2 amide bonds. The number of nitrogens with one attached hydrogen (secondary N) is 2. The highest BCUT2D eigenvalue weighted by atomic mass is 79.9. The smallest absolute Gasteiger partial charge is 0.416 e. The normalized spacial score (nSPS) is 11.3. The van der Waals surface area contributed by atoms with Crippen LogP contribution in [0.3, 0.4) is 0 Å². The molecule has 0 atom stereocenters. The predicted octanol–water partition coefficient (Wildman–Crippen LogP) is 5.92. The summed E-state index contributed by atoms with van der Waals surface area (Å²) in [6.07, 6.45) is -3.80. The maximum atomic E-state index is 12.8. The summed E-state index contributed by atoms with van der Waals surface area (Å²) in [6, 6.07) is 17.0. The first-order chi connectivity index (χ1) is 17.6. The Hall–Kier alpha value is -3.86. The van der Waals surface area contributed by atoms with Crippen molar-refractivity contribution in [1.82, 2.24) is 5.43 Å². The quantitative estimate of drug-likeness (QED) is 0.178. The molecular formula is C26H23BrF3N3O4. The van der Waals surface area contributed by atoms with Crippen molar-refractivity contribution < 1.29 is 32.2 Å². The molecule has 0 aliphatic rings. The van der Waals surface area contributed by atoms with Crippen LogP contribution in [0.15, 0.2) is 76.3 Å². The number of hydrogen-bond donors (Lipinski definition) is 2. The van der Waals surface area contributed by atoms with Gasteiger partial charge in [-0.05, 0) is 66.6 Å². The van der Waals surface area contributed by atoms with Crippen LogP contribution in [0.5, 0.6) is 11.5 Å². The zero-order valence-electron chi connectivity index (χ0n) is 19.6. The molecule has 3 aromatic carbocycles. The van der Waals surface area contributed by atoms with Gasteiger partial charge in [-0.25, -0.2) is 5.43 Å². The Morgan fingerprint density at radius 2 is 1.73 bits per heavy atom. The van der Waals surface area contributed by atoms with Gasteiger partial charge < -0.3 is 14.8 Å². The van der Waals surface area contributed by atoms with Crippen LogP contribution in [0.25, 0.3) is 0 Å². The summed E-state index contributed by atoms with van der Waals surface area (Å²) in [5.74, 6) is -0.481. The van der Waals surface area contributed by atoms with Gasteiger partial charge in [0, 0.05) is 10.2 Å². The molecule has 0 aliphatic carbocycles. The first-order valence-corrected chi connectivity index (χ1v) is 11.9. The number of hydrazone groups is 1. The monoisotopic (exact) mass is 577 g/mol. The number of carbonyl (C=O) groups excluding carboxylic acids is 2. The molecule has 11 heteroatoms. The molecule has 3 rings (SSSR count). The van der Waals surface area contributed by atoms with Gasteiger partial charge in [-0.15, -0.1) is 0 Å². The Morgan fingerprint density at radius 1 is 0.973 bits per heavy atom. The zero-order chi connectivity index (χ0) is 26.8. The van der Waals surface area contributed by atoms with E-state index in [9.17, 15) is 22.8 Å². The molecule has 3 aromatic rings. The Balaban J connectivity index is 1.54. The summed E-state index contributed by atoms with van der Waals surface area (Å²) < 4.78 is 50.9. The number of hydrogen-bond acceptors (Lipinski definition) is 5. The second-order valence-corrected chi connectivity index (χ2v) is 8.57. The number of benzene rings is 3. The highest BCUT2D eigenvalue weighted by Crippen LogP contribution is 2.31. The minimum Gasteiger partial charge on any atom is -0.490 e. The fourth-order valence-corrected chi connectivity index (χ4v) is 3.34. The number of halogens is 4. The van der Waals surface area contributed by atoms with E-state index in [1.54, 1.807) is 18.2 Å². The van der Waals surface area contributed by atoms with Crippen LogP contribution in [0.4, 0.5) is 18.9 Å². The summed E-state index contributed by atoms with van der Waals surface area (Å²) in [7, 11) is 0. The van der Waals surface area contributed by atoms with E-state index in [0.717, 1.165) is 28.2 Å². The van der Waals surface area contributed by atoms with Crippen molar-refractivity contribution in [2.45, 2.75) is 26.1 Å². The van der Waals surface area contributed by atoms with Crippen molar-refractivity contribution in [3.8, 4) is 11.5 Å². The predicted molar refractivity (Wildman–Crippen MR) is 137 cm³/mol. The van der Waals surface area contributed by atoms with Gasteiger partial charge in [-0.3, -0.25) is 9.59 Å². The number of alkyl halides is 3. The van der Waals surface area contributed by atoms with E-state index in [0.29, 0.717) is 30.3 Å². The molecule has 0 fully saturated rings. The van der Waals surface area contributed by atoms with Crippen LogP contribution in [0.2, 0.25) is 0 Å². The van der Waals surface area contributed by atoms with Crippen molar-refractivity contribution in [3.63, 3.8) is 0 Å². The highest BCUT2D eigenvalue weighted by molar-refractivity contribution is 9.10. The number of anilines is 1. The van der Waals surface area contributed by atoms with E-state index >= 15 is 0 Å². The van der Waals surface area contributed by atoms with Crippen LogP contribution in [0.1, 0.15) is 30.0 Å². The van der Waals surface area contributed by atoms with Gasteiger partial charge in [-0.1, -0.05) is 34.1 Å². The van der Waals surface area contributed by atoms with Crippen molar-refractivity contribution >= 4 is 39.6 Å². The lowest BCUT2D eigenvalue weighted by molar-refractivity contribution is -0.137. The van der Waals surface area contributed by atoms with Crippen molar-refractivity contribution in [3.05, 3.63) is 87.9 Å². The van der Waals surface area contributed by atoms with E-state index in [4.69, 9.17) is 9.47 Å². The summed E-state index contributed by atoms with van der Waals surface area (Å²) >= 11 is 3.39. The largest absolute Gasteiger partial charge is 0.490 e. The minimum absolute atomic E-state index is 0.0676. The van der Waals surface area contributed by atoms with Crippen molar-refractivity contribution in [2.75, 3.05) is 11.9 Å². The number of nitrogens with zero attached hydrogens (tertiary/aromatic N) is 1. The van der Waals surface area contributed by atoms with Gasteiger partial charge in [-0.2, -0.15) is 18.3 Å². The van der Waals surface area contributed by atoms with E-state index < -0.39 is 30.0 Å². The first kappa shape index (κ1) is 27.7. The molecule has 194 valence electrons. The molecule has 0 saturated carbocycles. The third-order valence-corrected chi connectivity index (χ3v) is 5.30.